The molecule has 106 valence electrons. The first-order valence-corrected chi connectivity index (χ1v) is 10.0. The average Bonchev–Trinajstić information content (AvgIpc) is 2.09. The maximum Gasteiger partial charge on any atom is 0.236 e. The van der Waals surface area contributed by atoms with Crippen LogP contribution in [0.3, 0.4) is 0 Å². The molecule has 0 amide bonds. The van der Waals surface area contributed by atoms with Crippen LogP contribution in [0.5, 0.6) is 0 Å². The van der Waals surface area contributed by atoms with Gasteiger partial charge in [-0.3, -0.25) is 0 Å². The molecule has 5 nitrogen and oxygen atoms in total. The lowest BCUT2D eigenvalue weighted by Crippen LogP contribution is -2.40. The zero-order valence-electron chi connectivity index (χ0n) is 9.54. The van der Waals surface area contributed by atoms with E-state index in [9.17, 15) is 16.8 Å². The topological polar surface area (TPSA) is 77.5 Å². The smallest absolute Gasteiger partial charge is 0.236 e. The molecule has 1 saturated heterocycles. The van der Waals surface area contributed by atoms with E-state index in [1.165, 1.54) is 18.2 Å². The molecule has 0 bridgehead atoms. The lowest BCUT2D eigenvalue weighted by atomic mass is 10.2. The van der Waals surface area contributed by atoms with Crippen LogP contribution in [0.25, 0.3) is 0 Å². The summed E-state index contributed by atoms with van der Waals surface area (Å²) in [6, 6.07) is 4.28. The van der Waals surface area contributed by atoms with Gasteiger partial charge in [-0.05, 0) is 33.6 Å². The standard InChI is InChI=1S/C10H10BrClO5S2/c11-9-3-7(6-18(12,13)14)1-2-10(9)19(15,16)8-4-17-5-8/h1-3,8H,4-6H2. The van der Waals surface area contributed by atoms with E-state index >= 15 is 0 Å². The van der Waals surface area contributed by atoms with Crippen LogP contribution in [0.2, 0.25) is 0 Å². The molecule has 0 unspecified atom stereocenters. The van der Waals surface area contributed by atoms with Gasteiger partial charge in [0.05, 0.1) is 23.9 Å². The third-order valence-electron chi connectivity index (χ3n) is 2.69. The fraction of sp³-hybridized carbons (Fsp3) is 0.400. The molecule has 0 atom stereocenters. The number of hydrogen-bond acceptors (Lipinski definition) is 5. The van der Waals surface area contributed by atoms with Crippen molar-refractivity contribution in [2.75, 3.05) is 13.2 Å². The third-order valence-corrected chi connectivity index (χ3v) is 6.73. The minimum Gasteiger partial charge on any atom is -0.379 e. The largest absolute Gasteiger partial charge is 0.379 e. The molecule has 1 fully saturated rings. The van der Waals surface area contributed by atoms with Crippen molar-refractivity contribution >= 4 is 45.5 Å². The van der Waals surface area contributed by atoms with Crippen LogP contribution < -0.4 is 0 Å². The van der Waals surface area contributed by atoms with Crippen molar-refractivity contribution in [1.82, 2.24) is 0 Å². The minimum atomic E-state index is -3.67. The zero-order valence-corrected chi connectivity index (χ0v) is 13.5. The Morgan fingerprint density at radius 3 is 2.32 bits per heavy atom. The van der Waals surface area contributed by atoms with Gasteiger partial charge >= 0.3 is 0 Å². The van der Waals surface area contributed by atoms with E-state index in [1.54, 1.807) is 0 Å². The predicted octanol–water partition coefficient (Wildman–Crippen LogP) is 1.69. The molecule has 1 aromatic carbocycles. The number of hydrogen-bond donors (Lipinski definition) is 0. The van der Waals surface area contributed by atoms with Crippen molar-refractivity contribution in [3.8, 4) is 0 Å². The second-order valence-electron chi connectivity index (χ2n) is 4.15. The molecule has 0 radical (unpaired) electrons. The Balaban J connectivity index is 2.34. The van der Waals surface area contributed by atoms with Crippen LogP contribution in [0.4, 0.5) is 0 Å². The van der Waals surface area contributed by atoms with Crippen molar-refractivity contribution in [2.24, 2.45) is 0 Å². The van der Waals surface area contributed by atoms with Crippen molar-refractivity contribution in [2.45, 2.75) is 15.9 Å². The second kappa shape index (κ2) is 5.33. The molecule has 0 aromatic heterocycles. The van der Waals surface area contributed by atoms with E-state index in [2.05, 4.69) is 15.9 Å². The third kappa shape index (κ3) is 3.49. The van der Waals surface area contributed by atoms with Gasteiger partial charge in [0.15, 0.2) is 9.84 Å². The Morgan fingerprint density at radius 1 is 1.26 bits per heavy atom. The average molecular weight is 390 g/mol. The van der Waals surface area contributed by atoms with E-state index in [0.717, 1.165) is 0 Å². The maximum atomic E-state index is 12.2. The molecule has 2 rings (SSSR count). The van der Waals surface area contributed by atoms with E-state index in [-0.39, 0.29) is 23.9 Å². The first kappa shape index (κ1) is 15.2. The van der Waals surface area contributed by atoms with Crippen molar-refractivity contribution in [3.63, 3.8) is 0 Å². The number of ether oxygens (including phenoxy) is 1. The van der Waals surface area contributed by atoms with Crippen molar-refractivity contribution < 1.29 is 21.6 Å². The number of rotatable bonds is 4. The van der Waals surface area contributed by atoms with Crippen LogP contribution in [0.1, 0.15) is 5.56 Å². The Labute approximate surface area is 124 Å². The Bertz CT molecular complexity index is 695. The highest BCUT2D eigenvalue weighted by molar-refractivity contribution is 9.10. The van der Waals surface area contributed by atoms with Gasteiger partial charge in [-0.1, -0.05) is 6.07 Å². The summed E-state index contributed by atoms with van der Waals surface area (Å²) in [4.78, 5) is 0.136. The predicted molar refractivity (Wildman–Crippen MR) is 74.4 cm³/mol. The second-order valence-corrected chi connectivity index (χ2v) is 9.98. The molecule has 19 heavy (non-hydrogen) atoms. The molecule has 0 saturated carbocycles. The lowest BCUT2D eigenvalue weighted by molar-refractivity contribution is 0.0416. The van der Waals surface area contributed by atoms with Gasteiger partial charge in [0.2, 0.25) is 9.05 Å². The first-order chi connectivity index (χ1) is 8.70. The summed E-state index contributed by atoms with van der Waals surface area (Å²) < 4.78 is 51.5. The van der Waals surface area contributed by atoms with Crippen LogP contribution in [-0.2, 0) is 29.4 Å². The first-order valence-electron chi connectivity index (χ1n) is 5.22. The molecular formula is C10H10BrClO5S2. The fourth-order valence-electron chi connectivity index (χ4n) is 1.64. The van der Waals surface area contributed by atoms with E-state index < -0.39 is 24.1 Å². The van der Waals surface area contributed by atoms with Gasteiger partial charge in [-0.2, -0.15) is 0 Å². The van der Waals surface area contributed by atoms with Gasteiger partial charge < -0.3 is 4.74 Å². The summed E-state index contributed by atoms with van der Waals surface area (Å²) in [6.07, 6.45) is 0. The SMILES string of the molecule is O=S(=O)(Cl)Cc1ccc(S(=O)(=O)C2COC2)c(Br)c1. The Hall–Kier alpha value is -0.150. The molecule has 0 spiro atoms. The molecule has 0 N–H and O–H groups in total. The molecule has 1 aromatic rings. The molecule has 1 heterocycles. The minimum absolute atomic E-state index is 0.136. The van der Waals surface area contributed by atoms with Gasteiger partial charge in [0, 0.05) is 15.2 Å². The number of benzene rings is 1. The zero-order chi connectivity index (χ0) is 14.3. The fourth-order valence-corrected chi connectivity index (χ4v) is 5.19. The Morgan fingerprint density at radius 2 is 1.89 bits per heavy atom. The van der Waals surface area contributed by atoms with Crippen LogP contribution in [-0.4, -0.2) is 35.3 Å². The summed E-state index contributed by atoms with van der Waals surface area (Å²) in [7, 11) is -1.96. The van der Waals surface area contributed by atoms with Crippen molar-refractivity contribution in [1.29, 1.82) is 0 Å². The normalized spacial score (nSPS) is 17.2. The van der Waals surface area contributed by atoms with Gasteiger partial charge in [0.25, 0.3) is 0 Å². The molecule has 0 aliphatic carbocycles. The van der Waals surface area contributed by atoms with Gasteiger partial charge in [0.1, 0.15) is 5.25 Å². The van der Waals surface area contributed by atoms with E-state index in [0.29, 0.717) is 10.0 Å². The molecule has 1 aliphatic rings. The highest BCUT2D eigenvalue weighted by atomic mass is 79.9. The van der Waals surface area contributed by atoms with Crippen LogP contribution in [0.15, 0.2) is 27.6 Å². The molecular weight excluding hydrogens is 380 g/mol. The number of halogens is 2. The molecule has 9 heteroatoms. The summed E-state index contributed by atoms with van der Waals surface area (Å²) in [5.41, 5.74) is 0.422. The summed E-state index contributed by atoms with van der Waals surface area (Å²) in [5.74, 6) is -0.347. The lowest BCUT2D eigenvalue weighted by Gasteiger charge is -2.26. The highest BCUT2D eigenvalue weighted by Crippen LogP contribution is 2.29. The van der Waals surface area contributed by atoms with Gasteiger partial charge in [-0.25, -0.2) is 16.8 Å². The highest BCUT2D eigenvalue weighted by Gasteiger charge is 2.35. The van der Waals surface area contributed by atoms with Crippen molar-refractivity contribution in [3.05, 3.63) is 28.2 Å². The summed E-state index contributed by atoms with van der Waals surface area (Å²) >= 11 is 3.15. The summed E-state index contributed by atoms with van der Waals surface area (Å²) in [5, 5.41) is -0.536. The van der Waals surface area contributed by atoms with Crippen LogP contribution >= 0.6 is 26.6 Å². The molecule has 1 aliphatic heterocycles. The summed E-state index contributed by atoms with van der Waals surface area (Å²) in [6.45, 7) is 0.374. The Kier molecular flexibility index (Phi) is 4.27. The quantitative estimate of drug-likeness (QED) is 0.732. The van der Waals surface area contributed by atoms with Gasteiger partial charge in [-0.15, -0.1) is 0 Å². The monoisotopic (exact) mass is 388 g/mol. The number of sulfone groups is 1. The van der Waals surface area contributed by atoms with E-state index in [4.69, 9.17) is 15.4 Å². The van der Waals surface area contributed by atoms with E-state index in [1.807, 2.05) is 0 Å². The van der Waals surface area contributed by atoms with Crippen LogP contribution in [0, 0.1) is 0 Å². The maximum absolute atomic E-state index is 12.2.